The van der Waals surface area contributed by atoms with Gasteiger partial charge in [0.05, 0.1) is 6.54 Å². The zero-order chi connectivity index (χ0) is 17.3. The van der Waals surface area contributed by atoms with E-state index in [0.717, 1.165) is 16.9 Å². The molecule has 0 aliphatic rings. The third-order valence-corrected chi connectivity index (χ3v) is 4.77. The molecule has 0 radical (unpaired) electrons. The van der Waals surface area contributed by atoms with E-state index in [-0.39, 0.29) is 5.91 Å². The van der Waals surface area contributed by atoms with Crippen molar-refractivity contribution < 1.29 is 9.53 Å². The minimum absolute atomic E-state index is 0.0607. The summed E-state index contributed by atoms with van der Waals surface area (Å²) in [7, 11) is 0. The van der Waals surface area contributed by atoms with E-state index in [1.165, 1.54) is 10.3 Å². The van der Waals surface area contributed by atoms with E-state index in [1.54, 1.807) is 11.8 Å². The SMILES string of the molecule is O=C(CCSc1ccccc1)NCCOc1ccc2ccccc2c1. The lowest BCUT2D eigenvalue weighted by atomic mass is 10.1. The Kier molecular flexibility index (Phi) is 6.35. The fraction of sp³-hybridized carbons (Fsp3) is 0.190. The Balaban J connectivity index is 1.34. The highest BCUT2D eigenvalue weighted by atomic mass is 32.2. The molecule has 0 bridgehead atoms. The fourth-order valence-electron chi connectivity index (χ4n) is 2.48. The van der Waals surface area contributed by atoms with Gasteiger partial charge in [-0.25, -0.2) is 0 Å². The molecule has 0 aliphatic carbocycles. The summed E-state index contributed by atoms with van der Waals surface area (Å²) in [5.74, 6) is 1.67. The summed E-state index contributed by atoms with van der Waals surface area (Å²) in [6, 6.07) is 24.3. The maximum absolute atomic E-state index is 11.8. The van der Waals surface area contributed by atoms with Crippen LogP contribution < -0.4 is 10.1 Å². The van der Waals surface area contributed by atoms with Crippen molar-refractivity contribution in [3.63, 3.8) is 0 Å². The van der Waals surface area contributed by atoms with Gasteiger partial charge in [-0.2, -0.15) is 0 Å². The van der Waals surface area contributed by atoms with Gasteiger partial charge in [0.2, 0.25) is 5.91 Å². The molecule has 0 spiro atoms. The third-order valence-electron chi connectivity index (χ3n) is 3.75. The first-order valence-electron chi connectivity index (χ1n) is 8.37. The minimum atomic E-state index is 0.0607. The van der Waals surface area contributed by atoms with Gasteiger partial charge in [0, 0.05) is 17.1 Å². The van der Waals surface area contributed by atoms with Crippen LogP contribution in [-0.4, -0.2) is 24.8 Å². The van der Waals surface area contributed by atoms with Gasteiger partial charge in [0.1, 0.15) is 12.4 Å². The maximum Gasteiger partial charge on any atom is 0.220 e. The molecule has 0 aliphatic heterocycles. The van der Waals surface area contributed by atoms with Crippen LogP contribution in [-0.2, 0) is 4.79 Å². The predicted octanol–water partition coefficient (Wildman–Crippen LogP) is 4.52. The minimum Gasteiger partial charge on any atom is -0.492 e. The number of nitrogens with one attached hydrogen (secondary N) is 1. The van der Waals surface area contributed by atoms with Crippen molar-refractivity contribution >= 4 is 28.4 Å². The number of benzene rings is 3. The Hall–Kier alpha value is -2.46. The summed E-state index contributed by atoms with van der Waals surface area (Å²) in [6.07, 6.45) is 0.509. The Bertz CT molecular complexity index is 820. The monoisotopic (exact) mass is 351 g/mol. The second-order valence-electron chi connectivity index (χ2n) is 5.62. The van der Waals surface area contributed by atoms with Crippen molar-refractivity contribution in [1.29, 1.82) is 0 Å². The van der Waals surface area contributed by atoms with Crippen molar-refractivity contribution in [3.05, 3.63) is 72.8 Å². The zero-order valence-electron chi connectivity index (χ0n) is 14.0. The summed E-state index contributed by atoms with van der Waals surface area (Å²) in [6.45, 7) is 0.984. The highest BCUT2D eigenvalue weighted by Crippen LogP contribution is 2.20. The van der Waals surface area contributed by atoms with Gasteiger partial charge in [-0.1, -0.05) is 48.5 Å². The molecule has 3 rings (SSSR count). The molecule has 3 aromatic rings. The van der Waals surface area contributed by atoms with E-state index in [4.69, 9.17) is 4.74 Å². The number of carbonyl (C=O) groups excluding carboxylic acids is 1. The molecular weight excluding hydrogens is 330 g/mol. The van der Waals surface area contributed by atoms with Crippen LogP contribution in [0.1, 0.15) is 6.42 Å². The molecule has 3 nitrogen and oxygen atoms in total. The molecule has 0 fully saturated rings. The van der Waals surface area contributed by atoms with Crippen LogP contribution in [0.2, 0.25) is 0 Å². The zero-order valence-corrected chi connectivity index (χ0v) is 14.8. The maximum atomic E-state index is 11.8. The summed E-state index contributed by atoms with van der Waals surface area (Å²) >= 11 is 1.69. The number of hydrogen-bond donors (Lipinski definition) is 1. The van der Waals surface area contributed by atoms with Gasteiger partial charge >= 0.3 is 0 Å². The van der Waals surface area contributed by atoms with Gasteiger partial charge in [-0.05, 0) is 35.0 Å². The van der Waals surface area contributed by atoms with Crippen LogP contribution in [0, 0.1) is 0 Å². The molecule has 25 heavy (non-hydrogen) atoms. The number of ether oxygens (including phenoxy) is 1. The van der Waals surface area contributed by atoms with Crippen molar-refractivity contribution in [1.82, 2.24) is 5.32 Å². The molecule has 0 saturated heterocycles. The van der Waals surface area contributed by atoms with E-state index in [2.05, 4.69) is 29.6 Å². The van der Waals surface area contributed by atoms with Crippen LogP contribution in [0.15, 0.2) is 77.7 Å². The van der Waals surface area contributed by atoms with E-state index < -0.39 is 0 Å². The second-order valence-corrected chi connectivity index (χ2v) is 6.79. The first-order valence-corrected chi connectivity index (χ1v) is 9.36. The number of amides is 1. The molecule has 128 valence electrons. The fourth-order valence-corrected chi connectivity index (χ4v) is 3.36. The molecule has 1 N–H and O–H groups in total. The summed E-state index contributed by atoms with van der Waals surface area (Å²) < 4.78 is 5.72. The van der Waals surface area contributed by atoms with Crippen LogP contribution in [0.25, 0.3) is 10.8 Å². The average Bonchev–Trinajstić information content (AvgIpc) is 2.66. The van der Waals surface area contributed by atoms with Gasteiger partial charge in [-0.3, -0.25) is 4.79 Å². The first-order chi connectivity index (χ1) is 12.3. The second kappa shape index (κ2) is 9.14. The van der Waals surface area contributed by atoms with Crippen LogP contribution in [0.3, 0.4) is 0 Å². The van der Waals surface area contributed by atoms with Crippen LogP contribution in [0.4, 0.5) is 0 Å². The van der Waals surface area contributed by atoms with Gasteiger partial charge in [0.25, 0.3) is 0 Å². The number of hydrogen-bond acceptors (Lipinski definition) is 3. The lowest BCUT2D eigenvalue weighted by Crippen LogP contribution is -2.28. The molecule has 0 atom stereocenters. The molecule has 0 heterocycles. The molecule has 1 amide bonds. The van der Waals surface area contributed by atoms with E-state index >= 15 is 0 Å². The Labute approximate surface area is 152 Å². The highest BCUT2D eigenvalue weighted by molar-refractivity contribution is 7.99. The standard InChI is InChI=1S/C21H21NO2S/c23-21(12-15-25-20-8-2-1-3-9-20)22-13-14-24-19-11-10-17-6-4-5-7-18(17)16-19/h1-11,16H,12-15H2,(H,22,23). The average molecular weight is 351 g/mol. The lowest BCUT2D eigenvalue weighted by Gasteiger charge is -2.09. The first kappa shape index (κ1) is 17.4. The van der Waals surface area contributed by atoms with Crippen molar-refractivity contribution in [2.24, 2.45) is 0 Å². The number of fused-ring (bicyclic) bond motifs is 1. The number of rotatable bonds is 8. The van der Waals surface area contributed by atoms with Crippen molar-refractivity contribution in [2.45, 2.75) is 11.3 Å². The Morgan fingerprint density at radius 3 is 2.52 bits per heavy atom. The molecule has 0 saturated carbocycles. The van der Waals surface area contributed by atoms with Gasteiger partial charge in [0.15, 0.2) is 0 Å². The van der Waals surface area contributed by atoms with E-state index in [1.807, 2.05) is 48.5 Å². The largest absolute Gasteiger partial charge is 0.492 e. The van der Waals surface area contributed by atoms with E-state index in [9.17, 15) is 4.79 Å². The number of carbonyl (C=O) groups is 1. The normalized spacial score (nSPS) is 10.6. The molecular formula is C21H21NO2S. The third kappa shape index (κ3) is 5.54. The Morgan fingerprint density at radius 2 is 1.68 bits per heavy atom. The van der Waals surface area contributed by atoms with Gasteiger partial charge < -0.3 is 10.1 Å². The smallest absolute Gasteiger partial charge is 0.220 e. The highest BCUT2D eigenvalue weighted by Gasteiger charge is 2.02. The Morgan fingerprint density at radius 1 is 0.920 bits per heavy atom. The summed E-state index contributed by atoms with van der Waals surface area (Å²) in [5, 5.41) is 5.25. The van der Waals surface area contributed by atoms with Crippen molar-refractivity contribution in [2.75, 3.05) is 18.9 Å². The van der Waals surface area contributed by atoms with Crippen LogP contribution in [0.5, 0.6) is 5.75 Å². The molecule has 0 aromatic heterocycles. The summed E-state index contributed by atoms with van der Waals surface area (Å²) in [5.41, 5.74) is 0. The quantitative estimate of drug-likeness (QED) is 0.479. The van der Waals surface area contributed by atoms with Crippen LogP contribution >= 0.6 is 11.8 Å². The summed E-state index contributed by atoms with van der Waals surface area (Å²) in [4.78, 5) is 13.0. The lowest BCUT2D eigenvalue weighted by molar-refractivity contribution is -0.120. The molecule has 0 unspecified atom stereocenters. The molecule has 4 heteroatoms. The van der Waals surface area contributed by atoms with Crippen molar-refractivity contribution in [3.8, 4) is 5.75 Å². The topological polar surface area (TPSA) is 38.3 Å². The molecule has 3 aromatic carbocycles. The predicted molar refractivity (Wildman–Crippen MR) is 104 cm³/mol. The number of thioether (sulfide) groups is 1. The van der Waals surface area contributed by atoms with Gasteiger partial charge in [-0.15, -0.1) is 11.8 Å². The van der Waals surface area contributed by atoms with E-state index in [0.29, 0.717) is 19.6 Å².